The average Bonchev–Trinajstić information content (AvgIpc) is 2.19. The van der Waals surface area contributed by atoms with Crippen molar-refractivity contribution in [3.8, 4) is 0 Å². The molecule has 1 fully saturated rings. The highest BCUT2D eigenvalue weighted by molar-refractivity contribution is 6.43. The van der Waals surface area contributed by atoms with Crippen molar-refractivity contribution in [2.75, 3.05) is 0 Å². The van der Waals surface area contributed by atoms with E-state index in [1.165, 1.54) is 0 Å². The van der Waals surface area contributed by atoms with Gasteiger partial charge >= 0.3 is 0 Å². The molecule has 17 heavy (non-hydrogen) atoms. The van der Waals surface area contributed by atoms with Gasteiger partial charge in [-0.25, -0.2) is 0 Å². The summed E-state index contributed by atoms with van der Waals surface area (Å²) in [6.45, 7) is 0. The summed E-state index contributed by atoms with van der Waals surface area (Å²) in [5.41, 5.74) is 6.65. The molecule has 1 aromatic carbocycles. The van der Waals surface area contributed by atoms with Crippen LogP contribution in [0.1, 0.15) is 30.9 Å². The van der Waals surface area contributed by atoms with E-state index in [-0.39, 0.29) is 5.92 Å². The Kier molecular flexibility index (Phi) is 4.22. The average molecular weight is 295 g/mol. The fourth-order valence-electron chi connectivity index (χ4n) is 2.08. The van der Waals surface area contributed by atoms with Crippen molar-refractivity contribution in [2.45, 2.75) is 31.4 Å². The third kappa shape index (κ3) is 2.72. The van der Waals surface area contributed by atoms with Gasteiger partial charge in [0.15, 0.2) is 0 Å². The summed E-state index contributed by atoms with van der Waals surface area (Å²) in [6, 6.07) is 2.70. The molecule has 5 heteroatoms. The summed E-state index contributed by atoms with van der Waals surface area (Å²) in [6.07, 6.45) is 2.59. The van der Waals surface area contributed by atoms with E-state index in [1.54, 1.807) is 12.1 Å². The topological polar surface area (TPSA) is 46.2 Å². The van der Waals surface area contributed by atoms with Crippen LogP contribution >= 0.6 is 34.8 Å². The lowest BCUT2D eigenvalue weighted by molar-refractivity contribution is 0.0414. The van der Waals surface area contributed by atoms with Crippen LogP contribution in [0, 0.1) is 5.92 Å². The van der Waals surface area contributed by atoms with Crippen LogP contribution in [0.3, 0.4) is 0 Å². The summed E-state index contributed by atoms with van der Waals surface area (Å²) in [7, 11) is 0. The molecule has 0 aliphatic heterocycles. The van der Waals surface area contributed by atoms with Crippen LogP contribution in [0.5, 0.6) is 0 Å². The van der Waals surface area contributed by atoms with Gasteiger partial charge in [0.1, 0.15) is 0 Å². The van der Waals surface area contributed by atoms with Crippen molar-refractivity contribution < 1.29 is 5.11 Å². The van der Waals surface area contributed by atoms with Gasteiger partial charge in [0.2, 0.25) is 0 Å². The number of aliphatic hydroxyl groups excluding tert-OH is 1. The van der Waals surface area contributed by atoms with Gasteiger partial charge in [0.25, 0.3) is 0 Å². The van der Waals surface area contributed by atoms with Crippen LogP contribution in [0.25, 0.3) is 0 Å². The first-order valence-corrected chi connectivity index (χ1v) is 6.72. The van der Waals surface area contributed by atoms with Gasteiger partial charge in [-0.15, -0.1) is 0 Å². The molecule has 0 radical (unpaired) electrons. The van der Waals surface area contributed by atoms with Gasteiger partial charge in [-0.05, 0) is 36.5 Å². The van der Waals surface area contributed by atoms with Crippen LogP contribution in [0.15, 0.2) is 12.1 Å². The highest BCUT2D eigenvalue weighted by Gasteiger charge is 2.32. The van der Waals surface area contributed by atoms with Gasteiger partial charge in [-0.1, -0.05) is 41.2 Å². The molecule has 0 amide bonds. The zero-order valence-electron chi connectivity index (χ0n) is 9.17. The highest BCUT2D eigenvalue weighted by Crippen LogP contribution is 2.38. The fourth-order valence-corrected chi connectivity index (χ4v) is 2.82. The minimum atomic E-state index is -0.587. The summed E-state index contributed by atoms with van der Waals surface area (Å²) < 4.78 is 0. The normalized spacial score (nSPS) is 19.8. The van der Waals surface area contributed by atoms with E-state index in [0.717, 1.165) is 19.3 Å². The van der Waals surface area contributed by atoms with E-state index in [1.807, 2.05) is 0 Å². The van der Waals surface area contributed by atoms with Crippen molar-refractivity contribution in [3.63, 3.8) is 0 Å². The molecule has 0 spiro atoms. The maximum absolute atomic E-state index is 10.1. The predicted octanol–water partition coefficient (Wildman–Crippen LogP) is 3.81. The zero-order valence-corrected chi connectivity index (χ0v) is 11.4. The predicted molar refractivity (Wildman–Crippen MR) is 71.7 cm³/mol. The Morgan fingerprint density at radius 1 is 1.24 bits per heavy atom. The molecule has 1 saturated carbocycles. The summed E-state index contributed by atoms with van der Waals surface area (Å²) in [5.74, 6) is 0.263. The molecule has 94 valence electrons. The number of rotatable bonds is 3. The van der Waals surface area contributed by atoms with E-state index in [4.69, 9.17) is 40.5 Å². The molecule has 1 aromatic rings. The van der Waals surface area contributed by atoms with E-state index in [0.29, 0.717) is 20.6 Å². The zero-order chi connectivity index (χ0) is 12.6. The second-order valence-corrected chi connectivity index (χ2v) is 5.72. The lowest BCUT2D eigenvalue weighted by Crippen LogP contribution is -2.36. The Morgan fingerprint density at radius 2 is 1.88 bits per heavy atom. The second-order valence-electron chi connectivity index (χ2n) is 4.50. The van der Waals surface area contributed by atoms with Crippen LogP contribution in [0.4, 0.5) is 0 Å². The molecule has 0 saturated heterocycles. The van der Waals surface area contributed by atoms with Gasteiger partial charge < -0.3 is 10.8 Å². The number of hydrogen-bond donors (Lipinski definition) is 2. The van der Waals surface area contributed by atoms with Gasteiger partial charge in [-0.2, -0.15) is 0 Å². The largest absolute Gasteiger partial charge is 0.391 e. The molecule has 1 aliphatic rings. The summed E-state index contributed by atoms with van der Waals surface area (Å²) in [4.78, 5) is 0. The number of hydrogen-bond acceptors (Lipinski definition) is 2. The maximum atomic E-state index is 10.1. The molecule has 0 aromatic heterocycles. The van der Waals surface area contributed by atoms with Gasteiger partial charge in [0.05, 0.1) is 22.2 Å². The van der Waals surface area contributed by atoms with Crippen molar-refractivity contribution in [2.24, 2.45) is 11.7 Å². The molecule has 0 bridgehead atoms. The molecule has 3 N–H and O–H groups in total. The maximum Gasteiger partial charge on any atom is 0.0761 e. The third-order valence-electron chi connectivity index (χ3n) is 3.38. The monoisotopic (exact) mass is 293 g/mol. The number of halogens is 3. The molecule has 1 aliphatic carbocycles. The van der Waals surface area contributed by atoms with Gasteiger partial charge in [-0.3, -0.25) is 0 Å². The molecule has 0 unspecified atom stereocenters. The second kappa shape index (κ2) is 5.33. The minimum absolute atomic E-state index is 0.263. The molecular weight excluding hydrogens is 280 g/mol. The molecular formula is C12H14Cl3NO. The Labute approximate surface area is 116 Å². The number of aliphatic hydroxyl groups is 1. The van der Waals surface area contributed by atoms with E-state index in [2.05, 4.69) is 0 Å². The lowest BCUT2D eigenvalue weighted by Gasteiger charge is -2.34. The number of nitrogens with two attached hydrogens (primary N) is 1. The Hall–Kier alpha value is 0.01000. The van der Waals surface area contributed by atoms with Crippen molar-refractivity contribution in [1.82, 2.24) is 0 Å². The fraction of sp³-hybridized carbons (Fsp3) is 0.500. The SMILES string of the molecule is N[C@@H](c1cc(Cl)cc(Cl)c1Cl)[C@H](O)C1CCC1. The molecule has 2 rings (SSSR count). The van der Waals surface area contributed by atoms with E-state index in [9.17, 15) is 5.11 Å². The van der Waals surface area contributed by atoms with E-state index >= 15 is 0 Å². The summed E-state index contributed by atoms with van der Waals surface area (Å²) in [5, 5.41) is 11.3. The first-order valence-electron chi connectivity index (χ1n) is 5.59. The van der Waals surface area contributed by atoms with Crippen molar-refractivity contribution in [1.29, 1.82) is 0 Å². The molecule has 2 atom stereocenters. The first-order chi connectivity index (χ1) is 8.00. The lowest BCUT2D eigenvalue weighted by atomic mass is 9.77. The van der Waals surface area contributed by atoms with Crippen molar-refractivity contribution >= 4 is 34.8 Å². The Bertz CT molecular complexity index is 420. The smallest absolute Gasteiger partial charge is 0.0761 e. The van der Waals surface area contributed by atoms with Gasteiger partial charge in [0, 0.05) is 5.02 Å². The first kappa shape index (κ1) is 13.4. The highest BCUT2D eigenvalue weighted by atomic mass is 35.5. The Morgan fingerprint density at radius 3 is 2.41 bits per heavy atom. The molecule has 0 heterocycles. The van der Waals surface area contributed by atoms with Crippen LogP contribution in [-0.2, 0) is 0 Å². The quantitative estimate of drug-likeness (QED) is 0.833. The number of benzene rings is 1. The van der Waals surface area contributed by atoms with Crippen LogP contribution < -0.4 is 5.73 Å². The van der Waals surface area contributed by atoms with Crippen molar-refractivity contribution in [3.05, 3.63) is 32.8 Å². The third-order valence-corrected chi connectivity index (χ3v) is 4.42. The van der Waals surface area contributed by atoms with E-state index < -0.39 is 12.1 Å². The minimum Gasteiger partial charge on any atom is -0.391 e. The van der Waals surface area contributed by atoms with Crippen LogP contribution in [0.2, 0.25) is 15.1 Å². The standard InChI is InChI=1S/C12H14Cl3NO/c13-7-4-8(10(15)9(14)5-7)11(16)12(17)6-2-1-3-6/h4-6,11-12,17H,1-3,16H2/t11-,12+/m0/s1. The molecule has 2 nitrogen and oxygen atoms in total. The summed E-state index contributed by atoms with van der Waals surface area (Å²) >= 11 is 17.9. The Balaban J connectivity index is 2.26. The van der Waals surface area contributed by atoms with Crippen LogP contribution in [-0.4, -0.2) is 11.2 Å².